The molecule has 0 amide bonds. The molecule has 7 nitrogen and oxygen atoms in total. The highest BCUT2D eigenvalue weighted by molar-refractivity contribution is 7.89. The molecule has 0 unspecified atom stereocenters. The van der Waals surface area contributed by atoms with E-state index in [2.05, 4.69) is 0 Å². The second-order valence-corrected chi connectivity index (χ2v) is 7.14. The summed E-state index contributed by atoms with van der Waals surface area (Å²) >= 11 is 0. The Morgan fingerprint density at radius 2 is 1.74 bits per heavy atom. The van der Waals surface area contributed by atoms with Crippen LogP contribution in [0.25, 0.3) is 0 Å². The highest BCUT2D eigenvalue weighted by Crippen LogP contribution is 2.20. The maximum Gasteiger partial charge on any atom is 0.317 e. The van der Waals surface area contributed by atoms with E-state index in [1.165, 1.54) is 4.31 Å². The van der Waals surface area contributed by atoms with Gasteiger partial charge in [-0.2, -0.15) is 4.31 Å². The Kier molecular flexibility index (Phi) is 4.77. The van der Waals surface area contributed by atoms with Crippen molar-refractivity contribution in [1.82, 2.24) is 9.21 Å². The number of sulfonamides is 1. The number of piperazine rings is 1. The van der Waals surface area contributed by atoms with Crippen molar-refractivity contribution in [3.63, 3.8) is 0 Å². The first-order valence-corrected chi connectivity index (χ1v) is 8.01. The van der Waals surface area contributed by atoms with Crippen LogP contribution in [0.4, 0.5) is 0 Å². The molecular formula is C11H20N2O5S. The zero-order valence-corrected chi connectivity index (χ0v) is 11.6. The summed E-state index contributed by atoms with van der Waals surface area (Å²) in [5.74, 6) is -0.874. The summed E-state index contributed by atoms with van der Waals surface area (Å²) in [5, 5.41) is 8.37. The van der Waals surface area contributed by atoms with E-state index in [1.807, 2.05) is 0 Å². The molecule has 2 fully saturated rings. The summed E-state index contributed by atoms with van der Waals surface area (Å²) in [4.78, 5) is 12.4. The molecule has 0 aliphatic carbocycles. The van der Waals surface area contributed by atoms with Gasteiger partial charge in [-0.3, -0.25) is 9.69 Å². The number of carboxylic acid groups (broad SMARTS) is 1. The zero-order valence-electron chi connectivity index (χ0n) is 10.8. The molecule has 1 N–H and O–H groups in total. The SMILES string of the molecule is O=C(O)CN1CCN(S(=O)(=O)C2CCOCC2)CC1. The number of carboxylic acids is 1. The lowest BCUT2D eigenvalue weighted by molar-refractivity contribution is -0.138. The van der Waals surface area contributed by atoms with Crippen LogP contribution in [-0.4, -0.2) is 79.9 Å². The highest BCUT2D eigenvalue weighted by atomic mass is 32.2. The van der Waals surface area contributed by atoms with Crippen LogP contribution in [0.5, 0.6) is 0 Å². The predicted molar refractivity (Wildman–Crippen MR) is 68.4 cm³/mol. The molecule has 0 saturated carbocycles. The summed E-state index contributed by atoms with van der Waals surface area (Å²) in [5.41, 5.74) is 0. The van der Waals surface area contributed by atoms with E-state index >= 15 is 0 Å². The van der Waals surface area contributed by atoms with E-state index in [1.54, 1.807) is 4.90 Å². The van der Waals surface area contributed by atoms with Gasteiger partial charge in [-0.1, -0.05) is 0 Å². The molecule has 0 atom stereocenters. The molecule has 2 heterocycles. The summed E-state index contributed by atoms with van der Waals surface area (Å²) in [7, 11) is -3.26. The Labute approximate surface area is 113 Å². The van der Waals surface area contributed by atoms with E-state index in [-0.39, 0.29) is 11.8 Å². The molecule has 2 rings (SSSR count). The minimum absolute atomic E-state index is 0.0227. The second kappa shape index (κ2) is 6.17. The standard InChI is InChI=1S/C11H20N2O5S/c14-11(15)9-12-3-5-13(6-4-12)19(16,17)10-1-7-18-8-2-10/h10H,1-9H2,(H,14,15). The third-order valence-electron chi connectivity index (χ3n) is 3.64. The second-order valence-electron chi connectivity index (χ2n) is 4.93. The summed E-state index contributed by atoms with van der Waals surface area (Å²) in [6.45, 7) is 2.71. The topological polar surface area (TPSA) is 87.2 Å². The maximum absolute atomic E-state index is 12.4. The maximum atomic E-state index is 12.4. The third kappa shape index (κ3) is 3.65. The first kappa shape index (κ1) is 14.7. The number of aliphatic carboxylic acids is 1. The Balaban J connectivity index is 1.90. The first-order chi connectivity index (χ1) is 9.00. The molecule has 19 heavy (non-hydrogen) atoms. The first-order valence-electron chi connectivity index (χ1n) is 6.51. The van der Waals surface area contributed by atoms with Crippen LogP contribution in [0.2, 0.25) is 0 Å². The predicted octanol–water partition coefficient (Wildman–Crippen LogP) is -0.803. The van der Waals surface area contributed by atoms with Crippen molar-refractivity contribution < 1.29 is 23.1 Å². The van der Waals surface area contributed by atoms with Gasteiger partial charge in [0.05, 0.1) is 11.8 Å². The molecule has 0 aromatic heterocycles. The highest BCUT2D eigenvalue weighted by Gasteiger charge is 2.35. The van der Waals surface area contributed by atoms with Crippen molar-refractivity contribution in [3.05, 3.63) is 0 Å². The van der Waals surface area contributed by atoms with Crippen molar-refractivity contribution in [2.45, 2.75) is 18.1 Å². The monoisotopic (exact) mass is 292 g/mol. The normalized spacial score (nSPS) is 24.4. The van der Waals surface area contributed by atoms with Crippen LogP contribution in [0.3, 0.4) is 0 Å². The average molecular weight is 292 g/mol. The van der Waals surface area contributed by atoms with Gasteiger partial charge < -0.3 is 9.84 Å². The number of hydrogen-bond donors (Lipinski definition) is 1. The number of rotatable bonds is 4. The lowest BCUT2D eigenvalue weighted by Gasteiger charge is -2.36. The molecule has 0 bridgehead atoms. The van der Waals surface area contributed by atoms with Gasteiger partial charge in [0.2, 0.25) is 10.0 Å². The van der Waals surface area contributed by atoms with Gasteiger partial charge in [-0.15, -0.1) is 0 Å². The zero-order chi connectivity index (χ0) is 13.9. The minimum Gasteiger partial charge on any atom is -0.480 e. The van der Waals surface area contributed by atoms with Gasteiger partial charge in [-0.25, -0.2) is 8.42 Å². The van der Waals surface area contributed by atoms with Crippen molar-refractivity contribution in [1.29, 1.82) is 0 Å². The number of ether oxygens (including phenoxy) is 1. The van der Waals surface area contributed by atoms with Crippen LogP contribution in [0, 0.1) is 0 Å². The lowest BCUT2D eigenvalue weighted by Crippen LogP contribution is -2.52. The van der Waals surface area contributed by atoms with Crippen LogP contribution >= 0.6 is 0 Å². The molecule has 2 saturated heterocycles. The van der Waals surface area contributed by atoms with Crippen molar-refractivity contribution in [3.8, 4) is 0 Å². The van der Waals surface area contributed by atoms with Gasteiger partial charge >= 0.3 is 5.97 Å². The van der Waals surface area contributed by atoms with E-state index in [4.69, 9.17) is 9.84 Å². The van der Waals surface area contributed by atoms with E-state index in [9.17, 15) is 13.2 Å². The number of nitrogens with zero attached hydrogens (tertiary/aromatic N) is 2. The Bertz CT molecular complexity index is 411. The molecule has 0 radical (unpaired) electrons. The lowest BCUT2D eigenvalue weighted by atomic mass is 10.2. The molecule has 8 heteroatoms. The third-order valence-corrected chi connectivity index (χ3v) is 6.04. The van der Waals surface area contributed by atoms with Crippen LogP contribution in [0.15, 0.2) is 0 Å². The smallest absolute Gasteiger partial charge is 0.317 e. The molecule has 0 spiro atoms. The van der Waals surface area contributed by atoms with Crippen LogP contribution in [-0.2, 0) is 19.6 Å². The van der Waals surface area contributed by atoms with E-state index < -0.39 is 16.0 Å². The number of carbonyl (C=O) groups is 1. The average Bonchev–Trinajstić information content (AvgIpc) is 2.40. The minimum atomic E-state index is -3.26. The van der Waals surface area contributed by atoms with Gasteiger partial charge in [-0.05, 0) is 12.8 Å². The fourth-order valence-corrected chi connectivity index (χ4v) is 4.40. The molecule has 2 aliphatic rings. The fraction of sp³-hybridized carbons (Fsp3) is 0.909. The summed E-state index contributed by atoms with van der Waals surface area (Å²) in [6.07, 6.45) is 1.11. The molecule has 0 aromatic carbocycles. The van der Waals surface area contributed by atoms with Crippen molar-refractivity contribution in [2.24, 2.45) is 0 Å². The quantitative estimate of drug-likeness (QED) is 0.730. The molecule has 110 valence electrons. The Hall–Kier alpha value is -0.700. The molecule has 2 aliphatic heterocycles. The Morgan fingerprint density at radius 3 is 2.26 bits per heavy atom. The van der Waals surface area contributed by atoms with E-state index in [0.717, 1.165) is 0 Å². The van der Waals surface area contributed by atoms with Gasteiger partial charge in [0.1, 0.15) is 0 Å². The largest absolute Gasteiger partial charge is 0.480 e. The molecular weight excluding hydrogens is 272 g/mol. The van der Waals surface area contributed by atoms with Crippen LogP contribution < -0.4 is 0 Å². The molecule has 0 aromatic rings. The summed E-state index contributed by atoms with van der Waals surface area (Å²) < 4.78 is 31.5. The fourth-order valence-electron chi connectivity index (χ4n) is 2.52. The summed E-state index contributed by atoms with van der Waals surface area (Å²) in [6, 6.07) is 0. The van der Waals surface area contributed by atoms with Crippen molar-refractivity contribution >= 4 is 16.0 Å². The van der Waals surface area contributed by atoms with Crippen molar-refractivity contribution in [2.75, 3.05) is 45.9 Å². The Morgan fingerprint density at radius 1 is 1.16 bits per heavy atom. The number of hydrogen-bond acceptors (Lipinski definition) is 5. The van der Waals surface area contributed by atoms with Gasteiger partial charge in [0.15, 0.2) is 0 Å². The van der Waals surface area contributed by atoms with E-state index in [0.29, 0.717) is 52.2 Å². The van der Waals surface area contributed by atoms with Gasteiger partial charge in [0.25, 0.3) is 0 Å². The van der Waals surface area contributed by atoms with Crippen LogP contribution in [0.1, 0.15) is 12.8 Å². The van der Waals surface area contributed by atoms with Gasteiger partial charge in [0, 0.05) is 39.4 Å².